The lowest BCUT2D eigenvalue weighted by molar-refractivity contribution is -0.0504. The first kappa shape index (κ1) is 23.0. The van der Waals surface area contributed by atoms with E-state index in [0.29, 0.717) is 30.1 Å². The van der Waals surface area contributed by atoms with Gasteiger partial charge in [-0.25, -0.2) is 19.5 Å². The van der Waals surface area contributed by atoms with Crippen molar-refractivity contribution in [1.29, 1.82) is 0 Å². The lowest BCUT2D eigenvalue weighted by atomic mass is 10.1. The van der Waals surface area contributed by atoms with Crippen molar-refractivity contribution in [3.63, 3.8) is 0 Å². The molecule has 3 heterocycles. The van der Waals surface area contributed by atoms with Gasteiger partial charge >= 0.3 is 7.82 Å². The van der Waals surface area contributed by atoms with Crippen LogP contribution in [0.15, 0.2) is 12.7 Å². The van der Waals surface area contributed by atoms with Crippen LogP contribution in [0.5, 0.6) is 0 Å². The van der Waals surface area contributed by atoms with Crippen molar-refractivity contribution >= 4 is 24.8 Å². The molecule has 1 aliphatic rings. The molecule has 0 bridgehead atoms. The first-order valence-electron chi connectivity index (χ1n) is 9.65. The molecule has 2 aromatic heterocycles. The minimum atomic E-state index is -4.74. The fraction of sp³-hybridized carbons (Fsp3) is 0.688. The highest BCUT2D eigenvalue weighted by atomic mass is 31.2. The number of anilines is 1. The van der Waals surface area contributed by atoms with Crippen LogP contribution in [-0.4, -0.2) is 77.5 Å². The predicted octanol–water partition coefficient (Wildman–Crippen LogP) is -0.514. The van der Waals surface area contributed by atoms with Crippen molar-refractivity contribution in [2.75, 3.05) is 25.0 Å². The van der Waals surface area contributed by atoms with Gasteiger partial charge in [-0.15, -0.1) is 0 Å². The summed E-state index contributed by atoms with van der Waals surface area (Å²) in [5.74, 6) is 0.534. The molecule has 3 rings (SSSR count). The number of nitrogens with zero attached hydrogens (tertiary/aromatic N) is 4. The molecule has 0 spiro atoms. The van der Waals surface area contributed by atoms with Crippen molar-refractivity contribution in [1.82, 2.24) is 19.5 Å². The van der Waals surface area contributed by atoms with Gasteiger partial charge in [0, 0.05) is 6.54 Å². The topological polar surface area (TPSA) is 198 Å². The van der Waals surface area contributed by atoms with Crippen molar-refractivity contribution in [3.8, 4) is 0 Å². The first-order chi connectivity index (χ1) is 14.3. The molecule has 1 saturated heterocycles. The number of aliphatic hydroxyl groups excluding tert-OH is 2. The van der Waals surface area contributed by atoms with Gasteiger partial charge in [0.05, 0.1) is 12.9 Å². The molecule has 14 heteroatoms. The summed E-state index contributed by atoms with van der Waals surface area (Å²) in [6.45, 7) is 0.803. The molecular formula is C16H27N6O7P. The Morgan fingerprint density at radius 2 is 1.93 bits per heavy atom. The molecule has 168 valence electrons. The smallest absolute Gasteiger partial charge is 0.387 e. The van der Waals surface area contributed by atoms with Gasteiger partial charge in [-0.1, -0.05) is 12.8 Å². The van der Waals surface area contributed by atoms with Crippen LogP contribution in [0.4, 0.5) is 5.82 Å². The van der Waals surface area contributed by atoms with Gasteiger partial charge in [0.15, 0.2) is 23.2 Å². The van der Waals surface area contributed by atoms with Crippen molar-refractivity contribution < 1.29 is 33.8 Å². The molecular weight excluding hydrogens is 419 g/mol. The third-order valence-corrected chi connectivity index (χ3v) is 5.29. The normalized spacial score (nSPS) is 24.6. The molecule has 4 atom stereocenters. The standard InChI is InChI=1S/C16H27N6O7P/c17-5-3-1-2-4-6-18-14-11-15(20-8-19-14)22(9-21-11)16-13(24)12(23)10(29-16)7-28-30(25,26)27/h8-10,12-13,16,23-24H,1-7,17H2,(H,18,19,20)(H2,25,26,27)/t10-,12-,13-,16-/m1/s1. The summed E-state index contributed by atoms with van der Waals surface area (Å²) < 4.78 is 22.3. The third kappa shape index (κ3) is 5.50. The SMILES string of the molecule is NCCCCCCNc1ncnc2c1ncn2[C@@H]1O[C@H](COP(=O)(O)O)[C@@H](O)[C@H]1O. The van der Waals surface area contributed by atoms with E-state index in [2.05, 4.69) is 24.8 Å². The maximum absolute atomic E-state index is 10.9. The van der Waals surface area contributed by atoms with Crippen LogP contribution in [0.25, 0.3) is 11.2 Å². The second kappa shape index (κ2) is 10.1. The number of nitrogens with one attached hydrogen (secondary N) is 1. The number of fused-ring (bicyclic) bond motifs is 1. The Morgan fingerprint density at radius 3 is 2.67 bits per heavy atom. The molecule has 1 fully saturated rings. The Morgan fingerprint density at radius 1 is 1.17 bits per heavy atom. The van der Waals surface area contributed by atoms with Crippen LogP contribution in [0.2, 0.25) is 0 Å². The van der Waals surface area contributed by atoms with Gasteiger partial charge in [-0.2, -0.15) is 0 Å². The predicted molar refractivity (Wildman–Crippen MR) is 105 cm³/mol. The zero-order valence-corrected chi connectivity index (χ0v) is 17.1. The van der Waals surface area contributed by atoms with Crippen LogP contribution in [0.3, 0.4) is 0 Å². The van der Waals surface area contributed by atoms with E-state index < -0.39 is 39.0 Å². The molecule has 13 nitrogen and oxygen atoms in total. The van der Waals surface area contributed by atoms with Gasteiger partial charge in [-0.05, 0) is 19.4 Å². The summed E-state index contributed by atoms with van der Waals surface area (Å²) in [5.41, 5.74) is 6.33. The second-order valence-electron chi connectivity index (χ2n) is 7.01. The lowest BCUT2D eigenvalue weighted by Gasteiger charge is -2.16. The molecule has 0 amide bonds. The summed E-state index contributed by atoms with van der Waals surface area (Å²) in [6, 6.07) is 0. The minimum absolute atomic E-state index is 0.378. The van der Waals surface area contributed by atoms with Gasteiger partial charge < -0.3 is 35.8 Å². The fourth-order valence-electron chi connectivity index (χ4n) is 3.26. The number of aliphatic hydroxyl groups is 2. The minimum Gasteiger partial charge on any atom is -0.387 e. The Kier molecular flexibility index (Phi) is 7.71. The van der Waals surface area contributed by atoms with Crippen LogP contribution in [-0.2, 0) is 13.8 Å². The number of phosphoric acid groups is 1. The Labute approximate surface area is 172 Å². The number of aromatic nitrogens is 4. The van der Waals surface area contributed by atoms with Gasteiger partial charge in [0.2, 0.25) is 0 Å². The monoisotopic (exact) mass is 446 g/mol. The molecule has 30 heavy (non-hydrogen) atoms. The van der Waals surface area contributed by atoms with Crippen molar-refractivity contribution in [3.05, 3.63) is 12.7 Å². The average Bonchev–Trinajstić information content (AvgIpc) is 3.25. The molecule has 0 aromatic carbocycles. The van der Waals surface area contributed by atoms with E-state index >= 15 is 0 Å². The van der Waals surface area contributed by atoms with Gasteiger partial charge in [0.25, 0.3) is 0 Å². The van der Waals surface area contributed by atoms with Gasteiger partial charge in [0.1, 0.15) is 24.6 Å². The zero-order chi connectivity index (χ0) is 21.7. The summed E-state index contributed by atoms with van der Waals surface area (Å²) in [5, 5.41) is 23.7. The lowest BCUT2D eigenvalue weighted by Crippen LogP contribution is -2.33. The summed E-state index contributed by atoms with van der Waals surface area (Å²) >= 11 is 0. The second-order valence-corrected chi connectivity index (χ2v) is 8.25. The maximum Gasteiger partial charge on any atom is 0.469 e. The summed E-state index contributed by atoms with van der Waals surface area (Å²) in [7, 11) is -4.74. The van der Waals surface area contributed by atoms with E-state index in [1.807, 2.05) is 0 Å². The largest absolute Gasteiger partial charge is 0.469 e. The van der Waals surface area contributed by atoms with Crippen molar-refractivity contribution in [2.45, 2.75) is 50.2 Å². The highest BCUT2D eigenvalue weighted by Gasteiger charge is 2.45. The van der Waals surface area contributed by atoms with E-state index in [-0.39, 0.29) is 0 Å². The number of unbranched alkanes of at least 4 members (excludes halogenated alkanes) is 3. The molecule has 0 unspecified atom stereocenters. The molecule has 7 N–H and O–H groups in total. The quantitative estimate of drug-likeness (QED) is 0.191. The van der Waals surface area contributed by atoms with Gasteiger partial charge in [-0.3, -0.25) is 9.09 Å². The molecule has 1 aliphatic heterocycles. The number of hydrogen-bond donors (Lipinski definition) is 6. The van der Waals surface area contributed by atoms with Crippen LogP contribution in [0, 0.1) is 0 Å². The number of rotatable bonds is 11. The maximum atomic E-state index is 10.9. The van der Waals surface area contributed by atoms with E-state index in [4.69, 9.17) is 20.3 Å². The highest BCUT2D eigenvalue weighted by Crippen LogP contribution is 2.38. The number of imidazole rings is 1. The average molecular weight is 446 g/mol. The van der Waals surface area contributed by atoms with E-state index in [1.165, 1.54) is 17.2 Å². The molecule has 0 radical (unpaired) electrons. The highest BCUT2D eigenvalue weighted by molar-refractivity contribution is 7.46. The number of phosphoric ester groups is 1. The Hall–Kier alpha value is -1.70. The van der Waals surface area contributed by atoms with Crippen LogP contribution >= 0.6 is 7.82 Å². The Bertz CT molecular complexity index is 877. The number of nitrogens with two attached hydrogens (primary N) is 1. The number of hydrogen-bond acceptors (Lipinski definition) is 10. The number of ether oxygens (including phenoxy) is 1. The van der Waals surface area contributed by atoms with E-state index in [0.717, 1.165) is 25.7 Å². The molecule has 0 saturated carbocycles. The first-order valence-corrected chi connectivity index (χ1v) is 11.2. The van der Waals surface area contributed by atoms with Crippen molar-refractivity contribution in [2.24, 2.45) is 5.73 Å². The third-order valence-electron chi connectivity index (χ3n) is 4.80. The summed E-state index contributed by atoms with van der Waals surface area (Å²) in [6.07, 6.45) is 1.83. The van der Waals surface area contributed by atoms with Crippen LogP contribution in [0.1, 0.15) is 31.9 Å². The molecule has 2 aromatic rings. The van der Waals surface area contributed by atoms with E-state index in [9.17, 15) is 14.8 Å². The fourth-order valence-corrected chi connectivity index (χ4v) is 3.61. The van der Waals surface area contributed by atoms with Crippen LogP contribution < -0.4 is 11.1 Å². The Balaban J connectivity index is 1.68. The summed E-state index contributed by atoms with van der Waals surface area (Å²) in [4.78, 5) is 30.3. The molecule has 0 aliphatic carbocycles. The zero-order valence-electron chi connectivity index (χ0n) is 16.2. The van der Waals surface area contributed by atoms with E-state index in [1.54, 1.807) is 0 Å².